The first kappa shape index (κ1) is 21.1. The molecule has 1 N–H and O–H groups in total. The summed E-state index contributed by atoms with van der Waals surface area (Å²) in [5.41, 5.74) is 1.47. The molecule has 0 bridgehead atoms. The number of likely N-dealkylation sites (tertiary alicyclic amines) is 1. The molecule has 0 spiro atoms. The molecule has 168 valence electrons. The Labute approximate surface area is 192 Å². The van der Waals surface area contributed by atoms with E-state index in [0.717, 1.165) is 48.1 Å². The highest BCUT2D eigenvalue weighted by Crippen LogP contribution is 2.26. The molecule has 5 rings (SSSR count). The summed E-state index contributed by atoms with van der Waals surface area (Å²) in [6, 6.07) is 11.8. The van der Waals surface area contributed by atoms with Crippen LogP contribution in [0.3, 0.4) is 0 Å². The van der Waals surface area contributed by atoms with Crippen molar-refractivity contribution in [3.63, 3.8) is 0 Å². The van der Waals surface area contributed by atoms with E-state index < -0.39 is 0 Å². The Kier molecular flexibility index (Phi) is 5.75. The van der Waals surface area contributed by atoms with Crippen molar-refractivity contribution in [1.29, 1.82) is 0 Å². The number of hydrogen-bond acceptors (Lipinski definition) is 7. The van der Waals surface area contributed by atoms with Crippen molar-refractivity contribution in [3.8, 4) is 11.3 Å². The maximum Gasteiger partial charge on any atom is 0.257 e. The van der Waals surface area contributed by atoms with Gasteiger partial charge in [0.1, 0.15) is 11.6 Å². The van der Waals surface area contributed by atoms with E-state index >= 15 is 0 Å². The molecule has 4 aromatic rings. The van der Waals surface area contributed by atoms with Crippen molar-refractivity contribution in [2.45, 2.75) is 18.9 Å². The largest absolute Gasteiger partial charge is 0.444 e. The Morgan fingerprint density at radius 1 is 1.09 bits per heavy atom. The predicted octanol–water partition coefficient (Wildman–Crippen LogP) is 4.07. The Hall–Kier alpha value is -3.78. The van der Waals surface area contributed by atoms with Gasteiger partial charge in [-0.05, 0) is 62.6 Å². The average Bonchev–Trinajstić information content (AvgIpc) is 3.39. The third-order valence-electron chi connectivity index (χ3n) is 6.29. The number of piperidine rings is 1. The van der Waals surface area contributed by atoms with Crippen molar-refractivity contribution in [1.82, 2.24) is 19.9 Å². The van der Waals surface area contributed by atoms with Gasteiger partial charge in [0, 0.05) is 42.0 Å². The Morgan fingerprint density at radius 3 is 2.73 bits per heavy atom. The number of hydrogen-bond donors (Lipinski definition) is 1. The lowest BCUT2D eigenvalue weighted by molar-refractivity contribution is 0.102. The molecule has 1 saturated heterocycles. The van der Waals surface area contributed by atoms with Crippen LogP contribution in [0.2, 0.25) is 0 Å². The van der Waals surface area contributed by atoms with Crippen LogP contribution in [0.1, 0.15) is 23.2 Å². The Balaban J connectivity index is 1.33. The van der Waals surface area contributed by atoms with Crippen molar-refractivity contribution >= 4 is 28.3 Å². The monoisotopic (exact) mass is 442 g/mol. The van der Waals surface area contributed by atoms with Crippen LogP contribution in [0.5, 0.6) is 0 Å². The van der Waals surface area contributed by atoms with Gasteiger partial charge in [-0.3, -0.25) is 4.79 Å². The van der Waals surface area contributed by atoms with Gasteiger partial charge in [0.2, 0.25) is 0 Å². The molecule has 1 aliphatic rings. The number of nitrogens with one attached hydrogen (secondary N) is 1. The maximum absolute atomic E-state index is 13.0. The number of benzene rings is 1. The predicted molar refractivity (Wildman–Crippen MR) is 128 cm³/mol. The minimum atomic E-state index is -0.214. The smallest absolute Gasteiger partial charge is 0.257 e. The fourth-order valence-corrected chi connectivity index (χ4v) is 4.23. The summed E-state index contributed by atoms with van der Waals surface area (Å²) in [5.74, 6) is 1.77. The zero-order valence-corrected chi connectivity index (χ0v) is 18.7. The molecule has 0 aliphatic carbocycles. The lowest BCUT2D eigenvalue weighted by atomic mass is 10.0. The number of aromatic nitrogens is 3. The quantitative estimate of drug-likeness (QED) is 0.498. The van der Waals surface area contributed by atoms with Gasteiger partial charge in [0.05, 0.1) is 6.20 Å². The molecule has 8 heteroatoms. The Morgan fingerprint density at radius 2 is 1.94 bits per heavy atom. The highest BCUT2D eigenvalue weighted by molar-refractivity contribution is 6.05. The second-order valence-corrected chi connectivity index (χ2v) is 8.50. The third kappa shape index (κ3) is 4.56. The molecular formula is C25H26N6O2. The molecule has 33 heavy (non-hydrogen) atoms. The zero-order chi connectivity index (χ0) is 22.8. The first-order chi connectivity index (χ1) is 16.1. The number of anilines is 2. The summed E-state index contributed by atoms with van der Waals surface area (Å²) in [6.45, 7) is 2.14. The van der Waals surface area contributed by atoms with Crippen LogP contribution in [-0.2, 0) is 0 Å². The second kappa shape index (κ2) is 8.99. The average molecular weight is 443 g/mol. The van der Waals surface area contributed by atoms with E-state index in [2.05, 4.69) is 44.2 Å². The van der Waals surface area contributed by atoms with E-state index in [-0.39, 0.29) is 5.91 Å². The summed E-state index contributed by atoms with van der Waals surface area (Å²) in [4.78, 5) is 30.4. The lowest BCUT2D eigenvalue weighted by Crippen LogP contribution is -2.42. The summed E-state index contributed by atoms with van der Waals surface area (Å²) in [7, 11) is 4.20. The van der Waals surface area contributed by atoms with Gasteiger partial charge in [-0.2, -0.15) is 0 Å². The minimum Gasteiger partial charge on any atom is -0.444 e. The van der Waals surface area contributed by atoms with E-state index in [9.17, 15) is 4.79 Å². The van der Waals surface area contributed by atoms with Gasteiger partial charge < -0.3 is 19.5 Å². The highest BCUT2D eigenvalue weighted by atomic mass is 16.3. The normalized spacial score (nSPS) is 15.0. The number of amides is 1. The molecular weight excluding hydrogens is 416 g/mol. The standard InChI is InChI=1S/C25H26N6O2/c1-30-9-6-21(7-10-30)31(2)24-13-18(5-8-27-24)25(32)29-23-12-20-11-17(22-15-26-16-33-22)3-4-19(20)14-28-23/h3-5,8,11-16,21H,6-7,9-10H2,1-2H3,(H,28,29,32). The van der Waals surface area contributed by atoms with Crippen molar-refractivity contribution in [2.75, 3.05) is 37.4 Å². The molecule has 1 aliphatic heterocycles. The van der Waals surface area contributed by atoms with Crippen molar-refractivity contribution in [3.05, 3.63) is 66.9 Å². The maximum atomic E-state index is 13.0. The van der Waals surface area contributed by atoms with Gasteiger partial charge in [0.15, 0.2) is 12.2 Å². The van der Waals surface area contributed by atoms with Gasteiger partial charge in [-0.1, -0.05) is 12.1 Å². The molecule has 4 heterocycles. The SMILES string of the molecule is CN1CCC(N(C)c2cc(C(=O)Nc3cc4cc(-c5cnco5)ccc4cn3)ccn2)CC1. The topological polar surface area (TPSA) is 87.4 Å². The summed E-state index contributed by atoms with van der Waals surface area (Å²) >= 11 is 0. The number of carbonyl (C=O) groups excluding carboxylic acids is 1. The van der Waals surface area contributed by atoms with Crippen LogP contribution in [0, 0.1) is 0 Å². The van der Waals surface area contributed by atoms with E-state index in [1.165, 1.54) is 6.39 Å². The Bertz CT molecular complexity index is 1270. The summed E-state index contributed by atoms with van der Waals surface area (Å²) in [5, 5.41) is 4.84. The third-order valence-corrected chi connectivity index (χ3v) is 6.29. The number of oxazole rings is 1. The molecule has 3 aromatic heterocycles. The minimum absolute atomic E-state index is 0.214. The number of fused-ring (bicyclic) bond motifs is 1. The van der Waals surface area contributed by atoms with Crippen molar-refractivity contribution < 1.29 is 9.21 Å². The van der Waals surface area contributed by atoms with Crippen molar-refractivity contribution in [2.24, 2.45) is 0 Å². The van der Waals surface area contributed by atoms with E-state index in [4.69, 9.17) is 4.42 Å². The molecule has 0 atom stereocenters. The van der Waals surface area contributed by atoms with E-state index in [0.29, 0.717) is 23.2 Å². The molecule has 0 radical (unpaired) electrons. The van der Waals surface area contributed by atoms with Crippen LogP contribution in [-0.4, -0.2) is 59.0 Å². The van der Waals surface area contributed by atoms with Gasteiger partial charge in [-0.25, -0.2) is 15.0 Å². The molecule has 1 fully saturated rings. The fourth-order valence-electron chi connectivity index (χ4n) is 4.23. The highest BCUT2D eigenvalue weighted by Gasteiger charge is 2.22. The molecule has 8 nitrogen and oxygen atoms in total. The number of nitrogens with zero attached hydrogens (tertiary/aromatic N) is 5. The summed E-state index contributed by atoms with van der Waals surface area (Å²) in [6.07, 6.45) is 8.69. The first-order valence-electron chi connectivity index (χ1n) is 11.0. The molecule has 1 amide bonds. The fraction of sp³-hybridized carbons (Fsp3) is 0.280. The van der Waals surface area contributed by atoms with Gasteiger partial charge in [-0.15, -0.1) is 0 Å². The van der Waals surface area contributed by atoms with Crippen LogP contribution in [0.4, 0.5) is 11.6 Å². The lowest BCUT2D eigenvalue weighted by Gasteiger charge is -2.35. The first-order valence-corrected chi connectivity index (χ1v) is 11.0. The van der Waals surface area contributed by atoms with Gasteiger partial charge in [0.25, 0.3) is 5.91 Å². The molecule has 1 aromatic carbocycles. The van der Waals surface area contributed by atoms with E-state index in [1.54, 1.807) is 24.7 Å². The second-order valence-electron chi connectivity index (χ2n) is 8.50. The van der Waals surface area contributed by atoms with Crippen LogP contribution < -0.4 is 10.2 Å². The van der Waals surface area contributed by atoms with Crippen LogP contribution in [0.25, 0.3) is 22.1 Å². The summed E-state index contributed by atoms with van der Waals surface area (Å²) < 4.78 is 5.39. The molecule has 0 saturated carbocycles. The molecule has 0 unspecified atom stereocenters. The number of carbonyl (C=O) groups is 1. The van der Waals surface area contributed by atoms with E-state index in [1.807, 2.05) is 30.3 Å². The van der Waals surface area contributed by atoms with Gasteiger partial charge >= 0.3 is 0 Å². The zero-order valence-electron chi connectivity index (χ0n) is 18.7. The van der Waals surface area contributed by atoms with Crippen LogP contribution >= 0.6 is 0 Å². The number of rotatable bonds is 5. The number of pyridine rings is 2. The van der Waals surface area contributed by atoms with Crippen LogP contribution in [0.15, 0.2) is 65.8 Å².